The lowest BCUT2D eigenvalue weighted by molar-refractivity contribution is 0.160. The molecule has 33 heavy (non-hydrogen) atoms. The van der Waals surface area contributed by atoms with E-state index >= 15 is 0 Å². The third kappa shape index (κ3) is 4.76. The molecule has 4 aromatic rings. The van der Waals surface area contributed by atoms with E-state index in [1.54, 1.807) is 12.4 Å². The van der Waals surface area contributed by atoms with Crippen LogP contribution < -0.4 is 5.32 Å². The first-order chi connectivity index (χ1) is 16.2. The van der Waals surface area contributed by atoms with Crippen LogP contribution in [-0.2, 0) is 18.7 Å². The van der Waals surface area contributed by atoms with Gasteiger partial charge in [0.25, 0.3) is 0 Å². The van der Waals surface area contributed by atoms with Crippen molar-refractivity contribution in [2.45, 2.75) is 31.5 Å². The molecule has 8 heteroatoms. The molecule has 5 rings (SSSR count). The zero-order chi connectivity index (χ0) is 22.5. The van der Waals surface area contributed by atoms with E-state index in [2.05, 4.69) is 42.5 Å². The molecule has 0 radical (unpaired) electrons. The molecule has 0 spiro atoms. The van der Waals surface area contributed by atoms with Crippen LogP contribution in [-0.4, -0.2) is 48.2 Å². The second-order valence-corrected chi connectivity index (χ2v) is 8.37. The monoisotopic (exact) mass is 441 g/mol. The van der Waals surface area contributed by atoms with Gasteiger partial charge in [0.1, 0.15) is 0 Å². The van der Waals surface area contributed by atoms with E-state index in [0.717, 1.165) is 55.2 Å². The number of benzene rings is 1. The maximum absolute atomic E-state index is 9.38. The summed E-state index contributed by atoms with van der Waals surface area (Å²) < 4.78 is 0. The Hall–Kier alpha value is -3.62. The third-order valence-corrected chi connectivity index (χ3v) is 6.16. The van der Waals surface area contributed by atoms with Crippen molar-refractivity contribution in [3.05, 3.63) is 90.3 Å². The molecule has 8 nitrogen and oxygen atoms in total. The molecule has 0 bridgehead atoms. The molecule has 0 unspecified atom stereocenters. The normalized spacial score (nSPS) is 15.9. The Balaban J connectivity index is 1.37. The van der Waals surface area contributed by atoms with E-state index in [1.165, 1.54) is 0 Å². The number of hydrogen-bond donors (Lipinski definition) is 3. The lowest BCUT2D eigenvalue weighted by Crippen LogP contribution is -2.47. The summed E-state index contributed by atoms with van der Waals surface area (Å²) in [6.07, 6.45) is 5.24. The van der Waals surface area contributed by atoms with Gasteiger partial charge in [-0.05, 0) is 49.2 Å². The van der Waals surface area contributed by atoms with Crippen LogP contribution >= 0.6 is 0 Å². The van der Waals surface area contributed by atoms with Gasteiger partial charge in [0, 0.05) is 43.3 Å². The van der Waals surface area contributed by atoms with Gasteiger partial charge in [-0.15, -0.1) is 0 Å². The number of nitrogens with zero attached hydrogens (tertiary/aromatic N) is 5. The fourth-order valence-electron chi connectivity index (χ4n) is 4.35. The molecule has 1 saturated heterocycles. The highest BCUT2D eigenvalue weighted by atomic mass is 16.3. The molecule has 3 aromatic heterocycles. The van der Waals surface area contributed by atoms with Crippen molar-refractivity contribution in [2.75, 3.05) is 18.4 Å². The maximum Gasteiger partial charge on any atom is 0.181 e. The highest BCUT2D eigenvalue weighted by Gasteiger charge is 2.39. The summed E-state index contributed by atoms with van der Waals surface area (Å²) in [4.78, 5) is 15.9. The highest BCUT2D eigenvalue weighted by Crippen LogP contribution is 2.35. The average Bonchev–Trinajstić information content (AvgIpc) is 3.38. The van der Waals surface area contributed by atoms with Crippen molar-refractivity contribution in [1.82, 2.24) is 30.0 Å². The van der Waals surface area contributed by atoms with Crippen molar-refractivity contribution in [1.29, 1.82) is 0 Å². The molecular weight excluding hydrogens is 414 g/mol. The number of H-pyrrole nitrogens is 1. The molecular formula is C25H27N7O. The van der Waals surface area contributed by atoms with Crippen molar-refractivity contribution in [2.24, 2.45) is 0 Å². The average molecular weight is 442 g/mol. The van der Waals surface area contributed by atoms with Gasteiger partial charge in [-0.1, -0.05) is 24.3 Å². The summed E-state index contributed by atoms with van der Waals surface area (Å²) in [5, 5.41) is 20.9. The van der Waals surface area contributed by atoms with E-state index in [4.69, 9.17) is 4.98 Å². The van der Waals surface area contributed by atoms with E-state index in [9.17, 15) is 5.11 Å². The number of likely N-dealkylation sites (tertiary alicyclic amines) is 1. The van der Waals surface area contributed by atoms with Crippen LogP contribution in [0, 0.1) is 0 Å². The number of nitrogens with one attached hydrogen (secondary N) is 2. The van der Waals surface area contributed by atoms with Gasteiger partial charge < -0.3 is 10.4 Å². The summed E-state index contributed by atoms with van der Waals surface area (Å²) >= 11 is 0. The molecule has 0 atom stereocenters. The molecule has 0 saturated carbocycles. The number of para-hydroxylation sites is 1. The number of piperidine rings is 1. The summed E-state index contributed by atoms with van der Waals surface area (Å²) in [6, 6.07) is 19.9. The largest absolute Gasteiger partial charge is 0.390 e. The number of pyridine rings is 2. The number of aliphatic hydroxyl groups excluding tert-OH is 1. The topological polar surface area (TPSA) is 103 Å². The SMILES string of the molecule is OCc1cccc(CN2CCC(Nc3ccccc3)(c3nc(-c4ccncc4)n[nH]3)CC2)n1. The van der Waals surface area contributed by atoms with Gasteiger partial charge in [-0.25, -0.2) is 4.98 Å². The summed E-state index contributed by atoms with van der Waals surface area (Å²) in [5.74, 6) is 1.52. The number of aromatic amines is 1. The van der Waals surface area contributed by atoms with Gasteiger partial charge >= 0.3 is 0 Å². The second-order valence-electron chi connectivity index (χ2n) is 8.37. The highest BCUT2D eigenvalue weighted by molar-refractivity contribution is 5.54. The first-order valence-corrected chi connectivity index (χ1v) is 11.2. The van der Waals surface area contributed by atoms with Crippen LogP contribution in [0.5, 0.6) is 0 Å². The molecule has 1 aromatic carbocycles. The van der Waals surface area contributed by atoms with Crippen LogP contribution in [0.25, 0.3) is 11.4 Å². The standard InChI is InChI=1S/C25H27N7O/c33-18-22-8-4-7-21(27-22)17-32-15-11-25(12-16-32,29-20-5-2-1-3-6-20)24-28-23(30-31-24)19-9-13-26-14-10-19/h1-10,13-14,29,33H,11-12,15-18H2,(H,28,30,31). The zero-order valence-electron chi connectivity index (χ0n) is 18.4. The molecule has 0 aliphatic carbocycles. The van der Waals surface area contributed by atoms with E-state index < -0.39 is 0 Å². The fourth-order valence-corrected chi connectivity index (χ4v) is 4.35. The number of aromatic nitrogens is 5. The minimum Gasteiger partial charge on any atom is -0.390 e. The molecule has 1 aliphatic heterocycles. The Morgan fingerprint density at radius 2 is 1.67 bits per heavy atom. The van der Waals surface area contributed by atoms with Gasteiger partial charge in [0.05, 0.1) is 23.5 Å². The number of aliphatic hydroxyl groups is 1. The zero-order valence-corrected chi connectivity index (χ0v) is 18.4. The smallest absolute Gasteiger partial charge is 0.181 e. The summed E-state index contributed by atoms with van der Waals surface area (Å²) in [6.45, 7) is 2.49. The molecule has 3 N–H and O–H groups in total. The van der Waals surface area contributed by atoms with E-state index in [-0.39, 0.29) is 12.1 Å². The lowest BCUT2D eigenvalue weighted by atomic mass is 9.86. The Morgan fingerprint density at radius 3 is 2.42 bits per heavy atom. The number of anilines is 1. The third-order valence-electron chi connectivity index (χ3n) is 6.16. The predicted molar refractivity (Wildman–Crippen MR) is 126 cm³/mol. The van der Waals surface area contributed by atoms with Crippen LogP contribution in [0.15, 0.2) is 73.1 Å². The Morgan fingerprint density at radius 1 is 0.909 bits per heavy atom. The van der Waals surface area contributed by atoms with Crippen molar-refractivity contribution in [3.8, 4) is 11.4 Å². The fraction of sp³-hybridized carbons (Fsp3) is 0.280. The Labute approximate surface area is 192 Å². The minimum atomic E-state index is -0.351. The minimum absolute atomic E-state index is 0.0384. The Kier molecular flexibility index (Phi) is 6.10. The van der Waals surface area contributed by atoms with Crippen LogP contribution in [0.3, 0.4) is 0 Å². The van der Waals surface area contributed by atoms with Crippen LogP contribution in [0.1, 0.15) is 30.1 Å². The number of rotatable bonds is 7. The quantitative estimate of drug-likeness (QED) is 0.404. The maximum atomic E-state index is 9.38. The lowest BCUT2D eigenvalue weighted by Gasteiger charge is -2.41. The Bertz CT molecular complexity index is 1170. The van der Waals surface area contributed by atoms with Crippen LogP contribution in [0.2, 0.25) is 0 Å². The molecule has 168 valence electrons. The van der Waals surface area contributed by atoms with Gasteiger partial charge in [-0.2, -0.15) is 5.10 Å². The predicted octanol–water partition coefficient (Wildman–Crippen LogP) is 3.36. The van der Waals surface area contributed by atoms with Gasteiger partial charge in [0.15, 0.2) is 11.6 Å². The summed E-state index contributed by atoms with van der Waals surface area (Å²) in [7, 11) is 0. The molecule has 1 fully saturated rings. The van der Waals surface area contributed by atoms with Crippen molar-refractivity contribution in [3.63, 3.8) is 0 Å². The van der Waals surface area contributed by atoms with E-state index in [0.29, 0.717) is 11.5 Å². The summed E-state index contributed by atoms with van der Waals surface area (Å²) in [5.41, 5.74) is 3.33. The van der Waals surface area contributed by atoms with Crippen molar-refractivity contribution < 1.29 is 5.11 Å². The van der Waals surface area contributed by atoms with Crippen LogP contribution in [0.4, 0.5) is 5.69 Å². The van der Waals surface area contributed by atoms with Crippen molar-refractivity contribution >= 4 is 5.69 Å². The first kappa shape index (κ1) is 21.2. The van der Waals surface area contributed by atoms with Gasteiger partial charge in [0.2, 0.25) is 0 Å². The number of hydrogen-bond acceptors (Lipinski definition) is 7. The van der Waals surface area contributed by atoms with E-state index in [1.807, 2.05) is 48.5 Å². The molecule has 4 heterocycles. The molecule has 0 amide bonds. The molecule has 1 aliphatic rings. The second kappa shape index (κ2) is 9.48. The van der Waals surface area contributed by atoms with Gasteiger partial charge in [-0.3, -0.25) is 20.0 Å². The first-order valence-electron chi connectivity index (χ1n) is 11.2.